The van der Waals surface area contributed by atoms with Crippen LogP contribution in [0.25, 0.3) is 11.2 Å². The van der Waals surface area contributed by atoms with E-state index >= 15 is 0 Å². The molecule has 2 aromatic heterocycles. The van der Waals surface area contributed by atoms with E-state index in [-0.39, 0.29) is 47.3 Å². The quantitative estimate of drug-likeness (QED) is 0.405. The van der Waals surface area contributed by atoms with Gasteiger partial charge in [-0.15, -0.1) is 0 Å². The van der Waals surface area contributed by atoms with E-state index in [9.17, 15) is 9.59 Å². The monoisotopic (exact) mass is 481 g/mol. The van der Waals surface area contributed by atoms with Gasteiger partial charge < -0.3 is 14.8 Å². The van der Waals surface area contributed by atoms with Crippen LogP contribution in [-0.2, 0) is 11.3 Å². The van der Waals surface area contributed by atoms with Crippen molar-refractivity contribution in [3.05, 3.63) is 46.5 Å². The van der Waals surface area contributed by atoms with Gasteiger partial charge in [-0.2, -0.15) is 0 Å². The Balaban J connectivity index is 1.46. The highest BCUT2D eigenvalue weighted by molar-refractivity contribution is 8.00. The van der Waals surface area contributed by atoms with E-state index in [1.54, 1.807) is 4.57 Å². The molecule has 0 spiro atoms. The molecular formula is C24H27N5O4S. The molecule has 2 aliphatic rings. The van der Waals surface area contributed by atoms with E-state index in [1.807, 2.05) is 25.1 Å². The predicted molar refractivity (Wildman–Crippen MR) is 128 cm³/mol. The van der Waals surface area contributed by atoms with Crippen LogP contribution >= 0.6 is 11.8 Å². The number of rotatable bonds is 7. The maximum atomic E-state index is 13.4. The zero-order chi connectivity index (χ0) is 23.5. The fourth-order valence-corrected chi connectivity index (χ4v) is 5.38. The summed E-state index contributed by atoms with van der Waals surface area (Å²) in [5.74, 6) is 1.31. The first-order valence-corrected chi connectivity index (χ1v) is 12.6. The Morgan fingerprint density at radius 1 is 1.18 bits per heavy atom. The van der Waals surface area contributed by atoms with Crippen LogP contribution in [0.1, 0.15) is 51.0 Å². The van der Waals surface area contributed by atoms with Crippen molar-refractivity contribution < 1.29 is 14.3 Å². The molecule has 34 heavy (non-hydrogen) atoms. The molecular weight excluding hydrogens is 454 g/mol. The number of thioether (sulfide) groups is 1. The van der Waals surface area contributed by atoms with Crippen molar-refractivity contribution in [2.24, 2.45) is 0 Å². The lowest BCUT2D eigenvalue weighted by molar-refractivity contribution is -0.121. The van der Waals surface area contributed by atoms with Crippen molar-refractivity contribution in [1.82, 2.24) is 24.8 Å². The molecule has 1 fully saturated rings. The molecule has 1 saturated carbocycles. The Morgan fingerprint density at radius 2 is 1.97 bits per heavy atom. The molecule has 178 valence electrons. The minimum absolute atomic E-state index is 0.0116. The summed E-state index contributed by atoms with van der Waals surface area (Å²) in [6, 6.07) is 5.80. The number of nitrogens with one attached hydrogen (secondary N) is 1. The first-order chi connectivity index (χ1) is 16.6. The van der Waals surface area contributed by atoms with Gasteiger partial charge in [-0.05, 0) is 37.0 Å². The second-order valence-corrected chi connectivity index (χ2v) is 9.73. The Hall–Kier alpha value is -3.14. The Labute approximate surface area is 201 Å². The van der Waals surface area contributed by atoms with Crippen molar-refractivity contribution in [3.63, 3.8) is 0 Å². The average Bonchev–Trinajstić information content (AvgIpc) is 3.33. The van der Waals surface area contributed by atoms with Crippen molar-refractivity contribution in [1.29, 1.82) is 0 Å². The van der Waals surface area contributed by atoms with Crippen LogP contribution in [-0.4, -0.2) is 43.5 Å². The third-order valence-electron chi connectivity index (χ3n) is 6.20. The van der Waals surface area contributed by atoms with Gasteiger partial charge in [0.15, 0.2) is 27.8 Å². The standard InChI is InChI=1S/C24H27N5O4S/c1-2-19(22(30)27-16-6-4-3-5-7-16)34-24-28-21-20(25-10-11-26-21)23(31)29(24)13-15-8-9-17-18(12-15)33-14-32-17/h8-12,16,19H,2-7,13-14H2,1H3,(H,27,30)/t19-/m0/s1. The molecule has 1 aliphatic heterocycles. The summed E-state index contributed by atoms with van der Waals surface area (Å²) >= 11 is 1.30. The molecule has 0 saturated heterocycles. The van der Waals surface area contributed by atoms with Gasteiger partial charge in [-0.1, -0.05) is 44.0 Å². The number of aromatic nitrogens is 4. The maximum absolute atomic E-state index is 13.4. The summed E-state index contributed by atoms with van der Waals surface area (Å²) in [5, 5.41) is 3.28. The largest absolute Gasteiger partial charge is 0.454 e. The molecule has 1 aliphatic carbocycles. The van der Waals surface area contributed by atoms with Crippen LogP contribution in [0.2, 0.25) is 0 Å². The summed E-state index contributed by atoms with van der Waals surface area (Å²) in [6.07, 6.45) is 9.17. The van der Waals surface area contributed by atoms with Gasteiger partial charge in [-0.3, -0.25) is 14.2 Å². The molecule has 0 unspecified atom stereocenters. The highest BCUT2D eigenvalue weighted by Gasteiger charge is 2.25. The number of amides is 1. The van der Waals surface area contributed by atoms with Crippen molar-refractivity contribution in [2.45, 2.75) is 68.4 Å². The molecule has 1 aromatic carbocycles. The molecule has 5 rings (SSSR count). The van der Waals surface area contributed by atoms with Crippen LogP contribution < -0.4 is 20.3 Å². The Kier molecular flexibility index (Phi) is 6.66. The van der Waals surface area contributed by atoms with E-state index in [0.29, 0.717) is 23.1 Å². The Morgan fingerprint density at radius 3 is 2.79 bits per heavy atom. The van der Waals surface area contributed by atoms with Gasteiger partial charge in [0, 0.05) is 18.4 Å². The second-order valence-electron chi connectivity index (χ2n) is 8.56. The highest BCUT2D eigenvalue weighted by atomic mass is 32.2. The van der Waals surface area contributed by atoms with Crippen LogP contribution in [0.5, 0.6) is 11.5 Å². The van der Waals surface area contributed by atoms with E-state index in [4.69, 9.17) is 9.47 Å². The normalized spacial score (nSPS) is 16.5. The molecule has 1 amide bonds. The zero-order valence-corrected chi connectivity index (χ0v) is 19.8. The molecule has 1 N–H and O–H groups in total. The van der Waals surface area contributed by atoms with E-state index < -0.39 is 0 Å². The first kappa shape index (κ1) is 22.6. The minimum atomic E-state index is -0.369. The summed E-state index contributed by atoms with van der Waals surface area (Å²) in [4.78, 5) is 39.6. The lowest BCUT2D eigenvalue weighted by atomic mass is 9.95. The van der Waals surface area contributed by atoms with Crippen LogP contribution in [0.4, 0.5) is 0 Å². The summed E-state index contributed by atoms with van der Waals surface area (Å²) in [5.41, 5.74) is 1.05. The van der Waals surface area contributed by atoms with Gasteiger partial charge in [0.25, 0.3) is 5.56 Å². The van der Waals surface area contributed by atoms with E-state index in [1.165, 1.54) is 30.6 Å². The SMILES string of the molecule is CC[C@H](Sc1nc2nccnc2c(=O)n1Cc1ccc2c(c1)OCO2)C(=O)NC1CCCCC1. The zero-order valence-electron chi connectivity index (χ0n) is 19.0. The topological polar surface area (TPSA) is 108 Å². The molecule has 10 heteroatoms. The molecule has 3 aromatic rings. The number of carbonyl (C=O) groups is 1. The van der Waals surface area contributed by atoms with Crippen molar-refractivity contribution in [2.75, 3.05) is 6.79 Å². The predicted octanol–water partition coefficient (Wildman–Crippen LogP) is 3.28. The summed E-state index contributed by atoms with van der Waals surface area (Å²) < 4.78 is 12.4. The number of ether oxygens (including phenoxy) is 2. The number of nitrogens with zero attached hydrogens (tertiary/aromatic N) is 4. The fraction of sp³-hybridized carbons (Fsp3) is 0.458. The maximum Gasteiger partial charge on any atom is 0.282 e. The van der Waals surface area contributed by atoms with E-state index in [2.05, 4.69) is 20.3 Å². The third kappa shape index (κ3) is 4.72. The molecule has 3 heterocycles. The van der Waals surface area contributed by atoms with Gasteiger partial charge in [0.2, 0.25) is 12.7 Å². The number of hydrogen-bond acceptors (Lipinski definition) is 8. The summed E-state index contributed by atoms with van der Waals surface area (Å²) in [7, 11) is 0. The van der Waals surface area contributed by atoms with Gasteiger partial charge in [0.1, 0.15) is 0 Å². The molecule has 9 nitrogen and oxygen atoms in total. The molecule has 0 radical (unpaired) electrons. The van der Waals surface area contributed by atoms with Crippen LogP contribution in [0.15, 0.2) is 40.5 Å². The van der Waals surface area contributed by atoms with Gasteiger partial charge in [0.05, 0.1) is 11.8 Å². The van der Waals surface area contributed by atoms with Gasteiger partial charge in [-0.25, -0.2) is 15.0 Å². The number of carbonyl (C=O) groups excluding carboxylic acids is 1. The van der Waals surface area contributed by atoms with Crippen molar-refractivity contribution >= 4 is 28.8 Å². The number of benzene rings is 1. The van der Waals surface area contributed by atoms with Crippen LogP contribution in [0, 0.1) is 0 Å². The van der Waals surface area contributed by atoms with Crippen LogP contribution in [0.3, 0.4) is 0 Å². The molecule has 1 atom stereocenters. The number of fused-ring (bicyclic) bond motifs is 2. The minimum Gasteiger partial charge on any atom is -0.454 e. The molecule has 0 bridgehead atoms. The fourth-order valence-electron chi connectivity index (χ4n) is 4.37. The number of hydrogen-bond donors (Lipinski definition) is 1. The average molecular weight is 482 g/mol. The highest BCUT2D eigenvalue weighted by Crippen LogP contribution is 2.33. The van der Waals surface area contributed by atoms with Gasteiger partial charge >= 0.3 is 0 Å². The first-order valence-electron chi connectivity index (χ1n) is 11.7. The third-order valence-corrected chi connectivity index (χ3v) is 7.55. The van der Waals surface area contributed by atoms with Crippen molar-refractivity contribution in [3.8, 4) is 11.5 Å². The summed E-state index contributed by atoms with van der Waals surface area (Å²) in [6.45, 7) is 2.42. The Bertz CT molecular complexity index is 1260. The smallest absolute Gasteiger partial charge is 0.282 e. The second kappa shape index (κ2) is 10.0. The lowest BCUT2D eigenvalue weighted by Gasteiger charge is -2.25. The van der Waals surface area contributed by atoms with E-state index in [0.717, 1.165) is 31.2 Å². The lowest BCUT2D eigenvalue weighted by Crippen LogP contribution is -2.41.